The Morgan fingerprint density at radius 2 is 1.96 bits per heavy atom. The SMILES string of the molecule is COc1cccc(NC(=O)CN(C)S(=O)(=O)c2ccc(Cl)cc2C)c1. The third-order valence-corrected chi connectivity index (χ3v) is 5.74. The van der Waals surface area contributed by atoms with E-state index >= 15 is 0 Å². The summed E-state index contributed by atoms with van der Waals surface area (Å²) < 4.78 is 31.4. The molecule has 1 N–H and O–H groups in total. The molecule has 0 bridgehead atoms. The van der Waals surface area contributed by atoms with Crippen molar-refractivity contribution < 1.29 is 17.9 Å². The highest BCUT2D eigenvalue weighted by Gasteiger charge is 2.24. The van der Waals surface area contributed by atoms with E-state index < -0.39 is 15.9 Å². The summed E-state index contributed by atoms with van der Waals surface area (Å²) in [6.45, 7) is 1.34. The number of benzene rings is 2. The lowest BCUT2D eigenvalue weighted by Gasteiger charge is -2.18. The first kappa shape index (κ1) is 19.2. The minimum atomic E-state index is -3.80. The highest BCUT2D eigenvalue weighted by Crippen LogP contribution is 2.22. The molecular weight excluding hydrogens is 364 g/mol. The number of nitrogens with zero attached hydrogens (tertiary/aromatic N) is 1. The van der Waals surface area contributed by atoms with Gasteiger partial charge in [-0.15, -0.1) is 0 Å². The lowest BCUT2D eigenvalue weighted by Crippen LogP contribution is -2.35. The van der Waals surface area contributed by atoms with Gasteiger partial charge in [-0.1, -0.05) is 17.7 Å². The van der Waals surface area contributed by atoms with Crippen LogP contribution >= 0.6 is 11.6 Å². The maximum Gasteiger partial charge on any atom is 0.243 e. The van der Waals surface area contributed by atoms with Crippen LogP contribution in [0.25, 0.3) is 0 Å². The molecule has 0 aromatic heterocycles. The van der Waals surface area contributed by atoms with Gasteiger partial charge in [0.15, 0.2) is 0 Å². The molecule has 0 radical (unpaired) electrons. The lowest BCUT2D eigenvalue weighted by molar-refractivity contribution is -0.116. The molecule has 0 atom stereocenters. The first-order valence-electron chi connectivity index (χ1n) is 7.40. The molecule has 8 heteroatoms. The number of ether oxygens (including phenoxy) is 1. The molecular formula is C17H19ClN2O4S. The first-order valence-corrected chi connectivity index (χ1v) is 9.22. The third-order valence-electron chi connectivity index (χ3n) is 3.54. The molecule has 25 heavy (non-hydrogen) atoms. The van der Waals surface area contributed by atoms with Crippen molar-refractivity contribution in [3.8, 4) is 5.75 Å². The monoisotopic (exact) mass is 382 g/mol. The number of amides is 1. The molecule has 2 rings (SSSR count). The van der Waals surface area contributed by atoms with E-state index in [0.29, 0.717) is 22.0 Å². The van der Waals surface area contributed by atoms with E-state index in [-0.39, 0.29) is 11.4 Å². The van der Waals surface area contributed by atoms with Gasteiger partial charge in [-0.25, -0.2) is 8.42 Å². The second-order valence-electron chi connectivity index (χ2n) is 5.45. The van der Waals surface area contributed by atoms with E-state index in [1.807, 2.05) is 0 Å². The fourth-order valence-electron chi connectivity index (χ4n) is 2.26. The molecule has 1 amide bonds. The topological polar surface area (TPSA) is 75.7 Å². The fraction of sp³-hybridized carbons (Fsp3) is 0.235. The molecule has 0 aliphatic rings. The van der Waals surface area contributed by atoms with E-state index in [2.05, 4.69) is 5.32 Å². The first-order chi connectivity index (χ1) is 11.7. The largest absolute Gasteiger partial charge is 0.497 e. The molecule has 0 saturated carbocycles. The minimum absolute atomic E-state index is 0.119. The quantitative estimate of drug-likeness (QED) is 0.833. The average Bonchev–Trinajstić information content (AvgIpc) is 2.54. The Balaban J connectivity index is 2.11. The van der Waals surface area contributed by atoms with E-state index in [1.165, 1.54) is 26.3 Å². The van der Waals surface area contributed by atoms with Crippen LogP contribution in [-0.2, 0) is 14.8 Å². The van der Waals surface area contributed by atoms with Gasteiger partial charge in [-0.3, -0.25) is 4.79 Å². The zero-order valence-corrected chi connectivity index (χ0v) is 15.7. The molecule has 0 spiro atoms. The Kier molecular flexibility index (Phi) is 6.05. The van der Waals surface area contributed by atoms with Crippen LogP contribution in [0.2, 0.25) is 5.02 Å². The van der Waals surface area contributed by atoms with Gasteiger partial charge in [-0.05, 0) is 42.8 Å². The van der Waals surface area contributed by atoms with Gasteiger partial charge in [0.2, 0.25) is 15.9 Å². The molecule has 0 aliphatic carbocycles. The van der Waals surface area contributed by atoms with Crippen molar-refractivity contribution >= 4 is 33.2 Å². The summed E-state index contributed by atoms with van der Waals surface area (Å²) in [6.07, 6.45) is 0. The smallest absolute Gasteiger partial charge is 0.243 e. The van der Waals surface area contributed by atoms with Crippen LogP contribution in [0.5, 0.6) is 5.75 Å². The second-order valence-corrected chi connectivity index (χ2v) is 7.90. The number of nitrogens with one attached hydrogen (secondary N) is 1. The number of anilines is 1. The molecule has 6 nitrogen and oxygen atoms in total. The van der Waals surface area contributed by atoms with Gasteiger partial charge in [0.05, 0.1) is 18.6 Å². The van der Waals surface area contributed by atoms with Crippen molar-refractivity contribution in [2.45, 2.75) is 11.8 Å². The number of sulfonamides is 1. The molecule has 0 saturated heterocycles. The number of methoxy groups -OCH3 is 1. The Hall–Kier alpha value is -2.09. The van der Waals surface area contributed by atoms with Gasteiger partial charge < -0.3 is 10.1 Å². The number of likely N-dealkylation sites (N-methyl/N-ethyl adjacent to an activating group) is 1. The highest BCUT2D eigenvalue weighted by molar-refractivity contribution is 7.89. The number of carbonyl (C=O) groups is 1. The molecule has 134 valence electrons. The predicted octanol–water partition coefficient (Wildman–Crippen LogP) is 2.92. The van der Waals surface area contributed by atoms with Crippen molar-refractivity contribution in [2.24, 2.45) is 0 Å². The summed E-state index contributed by atoms with van der Waals surface area (Å²) in [5.74, 6) is 0.140. The molecule has 2 aromatic carbocycles. The molecule has 0 heterocycles. The van der Waals surface area contributed by atoms with Crippen LogP contribution < -0.4 is 10.1 Å². The number of hydrogen-bond acceptors (Lipinski definition) is 4. The summed E-state index contributed by atoms with van der Waals surface area (Å²) in [5, 5.41) is 3.10. The van der Waals surface area contributed by atoms with E-state index in [0.717, 1.165) is 4.31 Å². The Labute approximate surface area is 152 Å². The summed E-state index contributed by atoms with van der Waals surface area (Å²) >= 11 is 5.86. The summed E-state index contributed by atoms with van der Waals surface area (Å²) in [5.41, 5.74) is 1.05. The van der Waals surface area contributed by atoms with Gasteiger partial charge in [0.25, 0.3) is 0 Å². The number of halogens is 1. The zero-order chi connectivity index (χ0) is 18.6. The Morgan fingerprint density at radius 1 is 1.24 bits per heavy atom. The Morgan fingerprint density at radius 3 is 2.60 bits per heavy atom. The molecule has 2 aromatic rings. The average molecular weight is 383 g/mol. The number of aryl methyl sites for hydroxylation is 1. The van der Waals surface area contributed by atoms with E-state index in [9.17, 15) is 13.2 Å². The number of carbonyl (C=O) groups excluding carboxylic acids is 1. The fourth-order valence-corrected chi connectivity index (χ4v) is 3.81. The zero-order valence-electron chi connectivity index (χ0n) is 14.1. The maximum atomic E-state index is 12.6. The highest BCUT2D eigenvalue weighted by atomic mass is 35.5. The van der Waals surface area contributed by atoms with Gasteiger partial charge in [0, 0.05) is 23.8 Å². The Bertz CT molecular complexity index is 884. The van der Waals surface area contributed by atoms with E-state index in [4.69, 9.17) is 16.3 Å². The number of rotatable bonds is 6. The van der Waals surface area contributed by atoms with Crippen LogP contribution in [0, 0.1) is 6.92 Å². The van der Waals surface area contributed by atoms with Crippen molar-refractivity contribution in [1.29, 1.82) is 0 Å². The minimum Gasteiger partial charge on any atom is -0.497 e. The molecule has 0 unspecified atom stereocenters. The van der Waals surface area contributed by atoms with Gasteiger partial charge in [-0.2, -0.15) is 4.31 Å². The van der Waals surface area contributed by atoms with Crippen LogP contribution in [0.1, 0.15) is 5.56 Å². The second kappa shape index (κ2) is 7.86. The van der Waals surface area contributed by atoms with Crippen molar-refractivity contribution in [3.63, 3.8) is 0 Å². The predicted molar refractivity (Wildman–Crippen MR) is 97.6 cm³/mol. The molecule has 0 fully saturated rings. The lowest BCUT2D eigenvalue weighted by atomic mass is 10.2. The van der Waals surface area contributed by atoms with Crippen LogP contribution in [0.15, 0.2) is 47.4 Å². The van der Waals surface area contributed by atoms with Crippen LogP contribution in [0.4, 0.5) is 5.69 Å². The normalized spacial score (nSPS) is 11.4. The maximum absolute atomic E-state index is 12.6. The molecule has 0 aliphatic heterocycles. The van der Waals surface area contributed by atoms with Crippen LogP contribution in [0.3, 0.4) is 0 Å². The van der Waals surface area contributed by atoms with Crippen LogP contribution in [-0.4, -0.2) is 39.3 Å². The van der Waals surface area contributed by atoms with Crippen molar-refractivity contribution in [2.75, 3.05) is 26.0 Å². The van der Waals surface area contributed by atoms with Crippen molar-refractivity contribution in [1.82, 2.24) is 4.31 Å². The van der Waals surface area contributed by atoms with Gasteiger partial charge in [0.1, 0.15) is 5.75 Å². The van der Waals surface area contributed by atoms with Crippen molar-refractivity contribution in [3.05, 3.63) is 53.1 Å². The van der Waals surface area contributed by atoms with Gasteiger partial charge >= 0.3 is 0 Å². The number of hydrogen-bond donors (Lipinski definition) is 1. The summed E-state index contributed by atoms with van der Waals surface area (Å²) in [4.78, 5) is 12.3. The summed E-state index contributed by atoms with van der Waals surface area (Å²) in [7, 11) is -0.918. The standard InChI is InChI=1S/C17H19ClN2O4S/c1-12-9-13(18)7-8-16(12)25(22,23)20(2)11-17(21)19-14-5-4-6-15(10-14)24-3/h4-10H,11H2,1-3H3,(H,19,21). The summed E-state index contributed by atoms with van der Waals surface area (Å²) in [6, 6.07) is 11.3. The van der Waals surface area contributed by atoms with E-state index in [1.54, 1.807) is 37.3 Å². The third kappa shape index (κ3) is 4.72.